The molecule has 2 saturated heterocycles. The predicted molar refractivity (Wildman–Crippen MR) is 123 cm³/mol. The summed E-state index contributed by atoms with van der Waals surface area (Å²) >= 11 is 1.18. The lowest BCUT2D eigenvalue weighted by Crippen LogP contribution is -2.56. The van der Waals surface area contributed by atoms with Crippen LogP contribution >= 0.6 is 11.3 Å². The number of hydrogen-bond acceptors (Lipinski definition) is 7. The SMILES string of the molecule is CC(C)(C)[C@H]1CN(Cc2cnc(-c3cc(F)cnc3OC(F)F)s2)C[C@](CCC(F)F)(C2(O)CO2)C1. The van der Waals surface area contributed by atoms with Crippen molar-refractivity contribution < 1.29 is 36.5 Å². The number of hydrogen-bond donors (Lipinski definition) is 1. The Hall–Kier alpha value is -1.89. The minimum atomic E-state index is -3.12. The average molecular weight is 536 g/mol. The van der Waals surface area contributed by atoms with Crippen LogP contribution in [0.15, 0.2) is 18.5 Å². The third-order valence-corrected chi connectivity index (χ3v) is 8.15. The van der Waals surface area contributed by atoms with E-state index in [4.69, 9.17) is 4.74 Å². The normalized spacial score (nSPS) is 27.1. The van der Waals surface area contributed by atoms with Crippen molar-refractivity contribution in [2.24, 2.45) is 16.7 Å². The molecule has 2 aromatic heterocycles. The molecular formula is C24H30F5N3O3S. The zero-order valence-electron chi connectivity index (χ0n) is 20.3. The van der Waals surface area contributed by atoms with Crippen molar-refractivity contribution in [3.8, 4) is 16.5 Å². The minimum absolute atomic E-state index is 0.0183. The van der Waals surface area contributed by atoms with Gasteiger partial charge >= 0.3 is 6.61 Å². The second kappa shape index (κ2) is 10.1. The molecule has 0 amide bonds. The summed E-state index contributed by atoms with van der Waals surface area (Å²) in [4.78, 5) is 10.8. The van der Waals surface area contributed by atoms with E-state index in [1.807, 2.05) is 0 Å². The smallest absolute Gasteiger partial charge is 0.388 e. The molecule has 4 rings (SSSR count). The van der Waals surface area contributed by atoms with Gasteiger partial charge in [-0.05, 0) is 30.2 Å². The zero-order valence-corrected chi connectivity index (χ0v) is 21.1. The van der Waals surface area contributed by atoms with Crippen molar-refractivity contribution in [2.75, 3.05) is 19.7 Å². The first-order chi connectivity index (χ1) is 16.8. The van der Waals surface area contributed by atoms with Gasteiger partial charge in [-0.25, -0.2) is 23.1 Å². The van der Waals surface area contributed by atoms with Crippen LogP contribution in [0.3, 0.4) is 0 Å². The van der Waals surface area contributed by atoms with Crippen LogP contribution in [0.5, 0.6) is 5.88 Å². The lowest BCUT2D eigenvalue weighted by atomic mass is 9.63. The van der Waals surface area contributed by atoms with E-state index in [1.54, 1.807) is 6.20 Å². The molecule has 6 nitrogen and oxygen atoms in total. The van der Waals surface area contributed by atoms with E-state index in [9.17, 15) is 27.1 Å². The predicted octanol–water partition coefficient (Wildman–Crippen LogP) is 5.56. The average Bonchev–Trinajstić information content (AvgIpc) is 3.38. The Morgan fingerprint density at radius 3 is 2.58 bits per heavy atom. The van der Waals surface area contributed by atoms with Gasteiger partial charge in [0.25, 0.3) is 0 Å². The topological polar surface area (TPSA) is 71.0 Å². The maximum Gasteiger partial charge on any atom is 0.388 e. The van der Waals surface area contributed by atoms with Crippen LogP contribution in [0, 0.1) is 22.6 Å². The number of likely N-dealkylation sites (tertiary alicyclic amines) is 1. The largest absolute Gasteiger partial charge is 0.416 e. The van der Waals surface area contributed by atoms with E-state index in [-0.39, 0.29) is 41.4 Å². The molecule has 1 N–H and O–H groups in total. The summed E-state index contributed by atoms with van der Waals surface area (Å²) in [6, 6.07) is 1.04. The Kier molecular flexibility index (Phi) is 7.63. The van der Waals surface area contributed by atoms with Crippen LogP contribution in [0.25, 0.3) is 10.6 Å². The molecule has 2 aromatic rings. The third-order valence-electron chi connectivity index (χ3n) is 7.14. The number of nitrogens with zero attached hydrogens (tertiary/aromatic N) is 3. The maximum atomic E-state index is 13.8. The molecule has 2 aliphatic rings. The van der Waals surface area contributed by atoms with Gasteiger partial charge in [0.2, 0.25) is 12.3 Å². The summed E-state index contributed by atoms with van der Waals surface area (Å²) in [5.41, 5.74) is -0.976. The van der Waals surface area contributed by atoms with Crippen molar-refractivity contribution in [1.82, 2.24) is 14.9 Å². The van der Waals surface area contributed by atoms with Crippen molar-refractivity contribution >= 4 is 11.3 Å². The molecule has 3 atom stereocenters. The number of pyridine rings is 1. The molecule has 0 bridgehead atoms. The molecular weight excluding hydrogens is 505 g/mol. The Labute approximate surface area is 210 Å². The van der Waals surface area contributed by atoms with Crippen LogP contribution in [0.2, 0.25) is 0 Å². The first-order valence-electron chi connectivity index (χ1n) is 11.7. The highest BCUT2D eigenvalue weighted by molar-refractivity contribution is 7.15. The first kappa shape index (κ1) is 27.2. The number of piperidine rings is 1. The number of rotatable bonds is 9. The standard InChI is InChI=1S/C24H30F5N3O3S/c1-22(2,3)14-7-23(5-4-18(26)27,24(33)13-34-24)12-32(10-14)11-16-9-31-20(36-16)17-6-15(25)8-30-19(17)35-21(28)29/h6,8-9,14,18,21,33H,4-5,7,10-13H2,1-3H3/t14-,23-,24?/m1/s1. The minimum Gasteiger partial charge on any atom is -0.416 e. The maximum absolute atomic E-state index is 13.8. The molecule has 1 unspecified atom stereocenters. The van der Waals surface area contributed by atoms with Crippen LogP contribution in [0.1, 0.15) is 44.9 Å². The van der Waals surface area contributed by atoms with Gasteiger partial charge in [0.05, 0.1) is 11.8 Å². The van der Waals surface area contributed by atoms with Gasteiger partial charge in [-0.15, -0.1) is 11.3 Å². The van der Waals surface area contributed by atoms with Crippen LogP contribution < -0.4 is 4.74 Å². The third kappa shape index (κ3) is 5.98. The Morgan fingerprint density at radius 1 is 1.25 bits per heavy atom. The van der Waals surface area contributed by atoms with E-state index in [1.165, 1.54) is 11.3 Å². The van der Waals surface area contributed by atoms with E-state index in [0.717, 1.165) is 17.1 Å². The summed E-state index contributed by atoms with van der Waals surface area (Å²) in [6.45, 7) is 4.67. The zero-order chi connectivity index (χ0) is 26.3. The van der Waals surface area contributed by atoms with Crippen molar-refractivity contribution in [1.29, 1.82) is 0 Å². The van der Waals surface area contributed by atoms with Crippen molar-refractivity contribution in [3.05, 3.63) is 29.2 Å². The van der Waals surface area contributed by atoms with E-state index in [2.05, 4.69) is 40.4 Å². The van der Waals surface area contributed by atoms with Gasteiger partial charge in [0.1, 0.15) is 17.4 Å². The van der Waals surface area contributed by atoms with Crippen molar-refractivity contribution in [3.63, 3.8) is 0 Å². The summed E-state index contributed by atoms with van der Waals surface area (Å²) in [5, 5.41) is 11.3. The molecule has 2 fully saturated rings. The first-order valence-corrected chi connectivity index (χ1v) is 12.5. The molecule has 2 aliphatic heterocycles. The Balaban J connectivity index is 1.59. The number of aromatic nitrogens is 2. The van der Waals surface area contributed by atoms with Crippen LogP contribution in [-0.2, 0) is 11.3 Å². The molecule has 4 heterocycles. The molecule has 0 radical (unpaired) electrons. The molecule has 12 heteroatoms. The summed E-state index contributed by atoms with van der Waals surface area (Å²) < 4.78 is 75.7. The second-order valence-electron chi connectivity index (χ2n) is 10.7. The van der Waals surface area contributed by atoms with Crippen LogP contribution in [-0.4, -0.2) is 58.5 Å². The molecule has 0 saturated carbocycles. The highest BCUT2D eigenvalue weighted by atomic mass is 32.1. The quantitative estimate of drug-likeness (QED) is 0.335. The monoisotopic (exact) mass is 535 g/mol. The van der Waals surface area contributed by atoms with Gasteiger partial charge in [-0.1, -0.05) is 20.8 Å². The lowest BCUT2D eigenvalue weighted by molar-refractivity contribution is -0.144. The van der Waals surface area contributed by atoms with E-state index >= 15 is 0 Å². The second-order valence-corrected chi connectivity index (χ2v) is 11.9. The number of ether oxygens (including phenoxy) is 2. The fraction of sp³-hybridized carbons (Fsp3) is 0.667. The number of halogens is 5. The number of epoxide rings is 1. The van der Waals surface area contributed by atoms with Gasteiger partial charge in [0.15, 0.2) is 5.79 Å². The summed E-state index contributed by atoms with van der Waals surface area (Å²) in [6.07, 6.45) is 0.234. The van der Waals surface area contributed by atoms with Gasteiger partial charge in [-0.3, -0.25) is 4.90 Å². The fourth-order valence-electron chi connectivity index (χ4n) is 5.01. The highest BCUT2D eigenvalue weighted by Gasteiger charge is 2.63. The highest BCUT2D eigenvalue weighted by Crippen LogP contribution is 2.55. The van der Waals surface area contributed by atoms with E-state index in [0.29, 0.717) is 26.1 Å². The molecule has 36 heavy (non-hydrogen) atoms. The summed E-state index contributed by atoms with van der Waals surface area (Å²) in [7, 11) is 0. The molecule has 200 valence electrons. The van der Waals surface area contributed by atoms with Gasteiger partial charge in [0, 0.05) is 42.5 Å². The van der Waals surface area contributed by atoms with Gasteiger partial charge in [-0.2, -0.15) is 8.78 Å². The van der Waals surface area contributed by atoms with E-state index < -0.39 is 35.9 Å². The fourth-order valence-corrected chi connectivity index (χ4v) is 5.97. The lowest BCUT2D eigenvalue weighted by Gasteiger charge is -2.51. The number of alkyl halides is 4. The number of thiazole rings is 1. The Bertz CT molecular complexity index is 1060. The Morgan fingerprint density at radius 2 is 1.97 bits per heavy atom. The number of aliphatic hydroxyl groups is 1. The van der Waals surface area contributed by atoms with Crippen LogP contribution in [0.4, 0.5) is 22.0 Å². The molecule has 0 spiro atoms. The van der Waals surface area contributed by atoms with Crippen molar-refractivity contribution in [2.45, 2.75) is 65.4 Å². The summed E-state index contributed by atoms with van der Waals surface area (Å²) in [5.74, 6) is -2.47. The molecule has 0 aliphatic carbocycles. The molecule has 0 aromatic carbocycles. The van der Waals surface area contributed by atoms with Gasteiger partial charge < -0.3 is 14.6 Å².